The summed E-state index contributed by atoms with van der Waals surface area (Å²) in [5, 5.41) is 2.82. The van der Waals surface area contributed by atoms with Crippen LogP contribution in [-0.4, -0.2) is 64.8 Å². The van der Waals surface area contributed by atoms with Gasteiger partial charge in [-0.3, -0.25) is 9.10 Å². The maximum Gasteiger partial charge on any atom is 0.263 e. The van der Waals surface area contributed by atoms with Crippen LogP contribution >= 0.6 is 0 Å². The van der Waals surface area contributed by atoms with Crippen LogP contribution in [-0.2, 0) is 14.8 Å². The number of nitrogens with zero attached hydrogens (tertiary/aromatic N) is 2. The zero-order valence-corrected chi connectivity index (χ0v) is 15.2. The minimum Gasteiger partial charge on any atom is -0.476 e. The van der Waals surface area contributed by atoms with Crippen molar-refractivity contribution >= 4 is 21.6 Å². The molecule has 1 aromatic rings. The molecule has 8 heteroatoms. The van der Waals surface area contributed by atoms with Gasteiger partial charge < -0.3 is 15.0 Å². The largest absolute Gasteiger partial charge is 0.476 e. The van der Waals surface area contributed by atoms with Gasteiger partial charge >= 0.3 is 0 Å². The molecule has 0 saturated heterocycles. The number of amides is 1. The third-order valence-corrected chi connectivity index (χ3v) is 5.56. The van der Waals surface area contributed by atoms with Gasteiger partial charge in [-0.25, -0.2) is 8.42 Å². The number of para-hydroxylation sites is 2. The van der Waals surface area contributed by atoms with E-state index in [1.54, 1.807) is 31.2 Å². The molecule has 7 nitrogen and oxygen atoms in total. The van der Waals surface area contributed by atoms with Gasteiger partial charge in [-0.2, -0.15) is 0 Å². The molecule has 0 unspecified atom stereocenters. The van der Waals surface area contributed by atoms with Crippen LogP contribution in [0, 0.1) is 0 Å². The predicted octanol–water partition coefficient (Wildman–Crippen LogP) is 0.672. The predicted molar refractivity (Wildman–Crippen MR) is 93.8 cm³/mol. The summed E-state index contributed by atoms with van der Waals surface area (Å²) in [6, 6.07) is 6.88. The maximum atomic E-state index is 12.4. The summed E-state index contributed by atoms with van der Waals surface area (Å²) in [4.78, 5) is 14.4. The number of carbonyl (C=O) groups excluding carboxylic acids is 1. The molecule has 0 radical (unpaired) electrons. The van der Waals surface area contributed by atoms with E-state index in [2.05, 4.69) is 5.32 Å². The average molecular weight is 355 g/mol. The second kappa shape index (κ2) is 7.85. The quantitative estimate of drug-likeness (QED) is 0.728. The van der Waals surface area contributed by atoms with Gasteiger partial charge in [0.25, 0.3) is 5.91 Å². The molecule has 1 aromatic carbocycles. The molecule has 2 rings (SSSR count). The van der Waals surface area contributed by atoms with Crippen LogP contribution in [0.2, 0.25) is 0 Å². The normalized spacial score (nSPS) is 17.3. The van der Waals surface area contributed by atoms with Crippen LogP contribution < -0.4 is 14.4 Å². The molecule has 1 N–H and O–H groups in total. The first kappa shape index (κ1) is 18.5. The van der Waals surface area contributed by atoms with E-state index in [4.69, 9.17) is 4.74 Å². The lowest BCUT2D eigenvalue weighted by molar-refractivity contribution is -0.127. The van der Waals surface area contributed by atoms with Crippen molar-refractivity contribution in [2.75, 3.05) is 43.8 Å². The number of hydrogen-bond donors (Lipinski definition) is 1. The minimum absolute atomic E-state index is 0.00724. The first-order valence-corrected chi connectivity index (χ1v) is 9.64. The Labute approximate surface area is 143 Å². The third-order valence-electron chi connectivity index (χ3n) is 3.81. The van der Waals surface area contributed by atoms with Crippen LogP contribution in [0.5, 0.6) is 5.75 Å². The van der Waals surface area contributed by atoms with E-state index in [9.17, 15) is 13.2 Å². The monoisotopic (exact) mass is 355 g/mol. The molecule has 134 valence electrons. The number of sulfonamides is 1. The number of benzene rings is 1. The molecule has 0 saturated carbocycles. The van der Waals surface area contributed by atoms with Crippen molar-refractivity contribution in [3.05, 3.63) is 24.3 Å². The van der Waals surface area contributed by atoms with Gasteiger partial charge in [0.2, 0.25) is 10.0 Å². The Bertz CT molecular complexity index is 676. The van der Waals surface area contributed by atoms with Crippen molar-refractivity contribution in [1.82, 2.24) is 10.2 Å². The van der Waals surface area contributed by atoms with Crippen LogP contribution in [0.15, 0.2) is 24.3 Å². The van der Waals surface area contributed by atoms with E-state index in [1.807, 2.05) is 19.0 Å². The van der Waals surface area contributed by atoms with Gasteiger partial charge in [-0.05, 0) is 46.1 Å². The lowest BCUT2D eigenvalue weighted by Gasteiger charge is -2.34. The van der Waals surface area contributed by atoms with E-state index in [-0.39, 0.29) is 18.2 Å². The van der Waals surface area contributed by atoms with Gasteiger partial charge in [-0.15, -0.1) is 0 Å². The summed E-state index contributed by atoms with van der Waals surface area (Å²) in [7, 11) is 0.467. The second-order valence-electron chi connectivity index (χ2n) is 5.95. The van der Waals surface area contributed by atoms with E-state index < -0.39 is 16.1 Å². The van der Waals surface area contributed by atoms with Gasteiger partial charge in [-0.1, -0.05) is 12.1 Å². The fourth-order valence-electron chi connectivity index (χ4n) is 2.48. The molecule has 1 aliphatic rings. The first-order chi connectivity index (χ1) is 11.3. The summed E-state index contributed by atoms with van der Waals surface area (Å²) in [5.74, 6) is 0.0900. The summed E-state index contributed by atoms with van der Waals surface area (Å²) in [6.07, 6.45) is -0.0282. The highest BCUT2D eigenvalue weighted by Crippen LogP contribution is 2.34. The van der Waals surface area contributed by atoms with Gasteiger partial charge in [0, 0.05) is 6.54 Å². The van der Waals surface area contributed by atoms with Crippen molar-refractivity contribution in [3.8, 4) is 5.75 Å². The van der Waals surface area contributed by atoms with E-state index in [0.29, 0.717) is 18.0 Å². The second-order valence-corrected chi connectivity index (χ2v) is 8.14. The van der Waals surface area contributed by atoms with Gasteiger partial charge in [0.15, 0.2) is 6.10 Å². The Balaban J connectivity index is 2.10. The molecular formula is C16H25N3O4S. The highest BCUT2D eigenvalue weighted by molar-refractivity contribution is 7.92. The molecule has 24 heavy (non-hydrogen) atoms. The smallest absolute Gasteiger partial charge is 0.263 e. The highest BCUT2D eigenvalue weighted by Gasteiger charge is 2.35. The number of rotatable bonds is 7. The lowest BCUT2D eigenvalue weighted by atomic mass is 10.2. The Morgan fingerprint density at radius 2 is 2.08 bits per heavy atom. The van der Waals surface area contributed by atoms with E-state index in [0.717, 1.165) is 13.0 Å². The number of hydrogen-bond acceptors (Lipinski definition) is 5. The molecule has 1 heterocycles. The Hall–Kier alpha value is -1.80. The van der Waals surface area contributed by atoms with Crippen molar-refractivity contribution in [3.63, 3.8) is 0 Å². The van der Waals surface area contributed by atoms with Gasteiger partial charge in [0.05, 0.1) is 18.0 Å². The Kier molecular flexibility index (Phi) is 6.06. The average Bonchev–Trinajstić information content (AvgIpc) is 2.57. The van der Waals surface area contributed by atoms with Gasteiger partial charge in [0.1, 0.15) is 5.75 Å². The van der Waals surface area contributed by atoms with E-state index >= 15 is 0 Å². The van der Waals surface area contributed by atoms with Crippen LogP contribution in [0.4, 0.5) is 5.69 Å². The zero-order valence-electron chi connectivity index (χ0n) is 14.4. The zero-order chi connectivity index (χ0) is 17.7. The summed E-state index contributed by atoms with van der Waals surface area (Å²) in [5.41, 5.74) is 0.482. The summed E-state index contributed by atoms with van der Waals surface area (Å²) in [6.45, 7) is 2.97. The molecule has 0 fully saturated rings. The molecule has 0 bridgehead atoms. The van der Waals surface area contributed by atoms with Crippen LogP contribution in [0.25, 0.3) is 0 Å². The lowest BCUT2D eigenvalue weighted by Crippen LogP contribution is -2.51. The molecule has 0 aliphatic carbocycles. The van der Waals surface area contributed by atoms with Crippen LogP contribution in [0.1, 0.15) is 13.3 Å². The first-order valence-electron chi connectivity index (χ1n) is 8.03. The topological polar surface area (TPSA) is 79.0 Å². The number of ether oxygens (including phenoxy) is 1. The number of nitrogens with one attached hydrogen (secondary N) is 1. The minimum atomic E-state index is -3.47. The molecule has 1 amide bonds. The SMILES string of the molecule is CCS(=O)(=O)N1C[C@H](C(=O)NCCCN(C)C)Oc2ccccc21. The molecule has 0 spiro atoms. The Morgan fingerprint density at radius 1 is 1.38 bits per heavy atom. The molecular weight excluding hydrogens is 330 g/mol. The Morgan fingerprint density at radius 3 is 2.75 bits per heavy atom. The number of fused-ring (bicyclic) bond motifs is 1. The standard InChI is InChI=1S/C16H25N3O4S/c1-4-24(21,22)19-12-15(16(20)17-10-7-11-18(2)3)23-14-9-6-5-8-13(14)19/h5-6,8-9,15H,4,7,10-12H2,1-3H3,(H,17,20)/t15-/m1/s1. The highest BCUT2D eigenvalue weighted by atomic mass is 32.2. The number of anilines is 1. The summed E-state index contributed by atoms with van der Waals surface area (Å²) >= 11 is 0. The fourth-order valence-corrected chi connectivity index (χ4v) is 3.60. The van der Waals surface area contributed by atoms with Crippen molar-refractivity contribution < 1.29 is 17.9 Å². The van der Waals surface area contributed by atoms with E-state index in [1.165, 1.54) is 4.31 Å². The van der Waals surface area contributed by atoms with Crippen molar-refractivity contribution in [2.45, 2.75) is 19.4 Å². The fraction of sp³-hybridized carbons (Fsp3) is 0.562. The molecule has 1 aliphatic heterocycles. The maximum absolute atomic E-state index is 12.4. The third kappa shape index (κ3) is 4.39. The summed E-state index contributed by atoms with van der Waals surface area (Å²) < 4.78 is 31.7. The molecule has 0 aromatic heterocycles. The van der Waals surface area contributed by atoms with Crippen molar-refractivity contribution in [2.24, 2.45) is 0 Å². The molecule has 1 atom stereocenters. The van der Waals surface area contributed by atoms with Crippen molar-refractivity contribution in [1.29, 1.82) is 0 Å². The van der Waals surface area contributed by atoms with Crippen LogP contribution in [0.3, 0.4) is 0 Å². The number of carbonyl (C=O) groups is 1.